The molecule has 0 saturated heterocycles. The molecule has 5 nitrogen and oxygen atoms in total. The molecule has 0 spiro atoms. The molecule has 4 N–H and O–H groups in total. The minimum atomic E-state index is -1.03. The Hall–Kier alpha value is -1.10. The molecule has 2 aliphatic rings. The largest absolute Gasteiger partial charge is 0.480 e. The van der Waals surface area contributed by atoms with E-state index in [1.54, 1.807) is 0 Å². The first-order chi connectivity index (χ1) is 9.53. The lowest BCUT2D eigenvalue weighted by Crippen LogP contribution is -2.56. The average molecular weight is 282 g/mol. The van der Waals surface area contributed by atoms with E-state index in [1.165, 1.54) is 0 Å². The number of carbonyl (C=O) groups is 2. The van der Waals surface area contributed by atoms with Gasteiger partial charge in [0.15, 0.2) is 0 Å². The summed E-state index contributed by atoms with van der Waals surface area (Å²) in [6, 6.07) is 0.199. The number of nitrogens with one attached hydrogen (secondary N) is 1. The van der Waals surface area contributed by atoms with E-state index in [1.807, 2.05) is 0 Å². The molecule has 114 valence electrons. The van der Waals surface area contributed by atoms with Gasteiger partial charge in [0.1, 0.15) is 5.54 Å². The molecule has 0 radical (unpaired) electrons. The Morgan fingerprint density at radius 1 is 1.00 bits per heavy atom. The zero-order valence-electron chi connectivity index (χ0n) is 12.1. The molecule has 0 unspecified atom stereocenters. The van der Waals surface area contributed by atoms with Gasteiger partial charge in [0.05, 0.1) is 0 Å². The van der Waals surface area contributed by atoms with Gasteiger partial charge < -0.3 is 16.2 Å². The molecule has 0 aliphatic heterocycles. The fourth-order valence-electron chi connectivity index (χ4n) is 3.44. The van der Waals surface area contributed by atoms with E-state index in [0.29, 0.717) is 12.8 Å². The average Bonchev–Trinajstić information content (AvgIpc) is 2.66. The predicted molar refractivity (Wildman–Crippen MR) is 76.1 cm³/mol. The molecule has 20 heavy (non-hydrogen) atoms. The van der Waals surface area contributed by atoms with E-state index in [0.717, 1.165) is 51.4 Å². The molecule has 2 fully saturated rings. The van der Waals surface area contributed by atoms with Gasteiger partial charge in [-0.3, -0.25) is 4.79 Å². The van der Waals surface area contributed by atoms with Crippen molar-refractivity contribution in [1.82, 2.24) is 5.32 Å². The van der Waals surface area contributed by atoms with Crippen LogP contribution in [0.15, 0.2) is 0 Å². The fourth-order valence-corrected chi connectivity index (χ4v) is 3.44. The molecule has 0 aromatic carbocycles. The summed E-state index contributed by atoms with van der Waals surface area (Å²) >= 11 is 0. The van der Waals surface area contributed by atoms with E-state index < -0.39 is 11.5 Å². The molecule has 2 saturated carbocycles. The summed E-state index contributed by atoms with van der Waals surface area (Å²) < 4.78 is 0. The first-order valence-corrected chi connectivity index (χ1v) is 7.84. The van der Waals surface area contributed by atoms with Crippen molar-refractivity contribution in [1.29, 1.82) is 0 Å². The van der Waals surface area contributed by atoms with Crippen LogP contribution in [0.1, 0.15) is 64.2 Å². The van der Waals surface area contributed by atoms with Crippen LogP contribution in [0.2, 0.25) is 0 Å². The van der Waals surface area contributed by atoms with Crippen molar-refractivity contribution in [2.45, 2.75) is 75.8 Å². The van der Waals surface area contributed by atoms with Crippen molar-refractivity contribution in [3.05, 3.63) is 0 Å². The third-order valence-corrected chi connectivity index (χ3v) is 4.87. The van der Waals surface area contributed by atoms with Crippen LogP contribution in [0.25, 0.3) is 0 Å². The van der Waals surface area contributed by atoms with E-state index in [-0.39, 0.29) is 17.9 Å². The van der Waals surface area contributed by atoms with Crippen LogP contribution in [0.3, 0.4) is 0 Å². The molecule has 2 rings (SSSR count). The quantitative estimate of drug-likeness (QED) is 0.688. The molecule has 0 aromatic heterocycles. The summed E-state index contributed by atoms with van der Waals surface area (Å²) in [5.74, 6) is -1.02. The van der Waals surface area contributed by atoms with Crippen LogP contribution >= 0.6 is 0 Å². The van der Waals surface area contributed by atoms with Crippen LogP contribution in [-0.2, 0) is 9.59 Å². The highest BCUT2D eigenvalue weighted by Crippen LogP contribution is 2.30. The normalized spacial score (nSPS) is 30.2. The van der Waals surface area contributed by atoms with Crippen LogP contribution < -0.4 is 11.1 Å². The van der Waals surface area contributed by atoms with Gasteiger partial charge in [-0.25, -0.2) is 4.79 Å². The van der Waals surface area contributed by atoms with Crippen LogP contribution in [-0.4, -0.2) is 28.6 Å². The van der Waals surface area contributed by atoms with Crippen molar-refractivity contribution in [2.24, 2.45) is 11.7 Å². The lowest BCUT2D eigenvalue weighted by Gasteiger charge is -2.33. The van der Waals surface area contributed by atoms with E-state index in [9.17, 15) is 14.7 Å². The number of carboxylic acids is 1. The maximum absolute atomic E-state index is 12.4. The summed E-state index contributed by atoms with van der Waals surface area (Å²) in [6.45, 7) is 0. The zero-order valence-corrected chi connectivity index (χ0v) is 12.1. The number of hydrogen-bond donors (Lipinski definition) is 3. The lowest BCUT2D eigenvalue weighted by molar-refractivity contribution is -0.149. The highest BCUT2D eigenvalue weighted by molar-refractivity contribution is 5.88. The predicted octanol–water partition coefficient (Wildman–Crippen LogP) is 1.80. The Morgan fingerprint density at radius 2 is 1.55 bits per heavy atom. The molecule has 0 aromatic rings. The molecular weight excluding hydrogens is 256 g/mol. The molecular formula is C15H26N2O3. The highest BCUT2D eigenvalue weighted by Gasteiger charge is 2.41. The van der Waals surface area contributed by atoms with E-state index in [4.69, 9.17) is 5.73 Å². The number of nitrogens with two attached hydrogens (primary N) is 1. The topological polar surface area (TPSA) is 92.4 Å². The summed E-state index contributed by atoms with van der Waals surface area (Å²) in [6.07, 6.45) is 8.26. The molecule has 5 heteroatoms. The van der Waals surface area contributed by atoms with Crippen molar-refractivity contribution in [3.8, 4) is 0 Å². The minimum absolute atomic E-state index is 0.0609. The van der Waals surface area contributed by atoms with Gasteiger partial charge >= 0.3 is 5.97 Å². The van der Waals surface area contributed by atoms with Gasteiger partial charge in [0.2, 0.25) is 5.91 Å². The van der Waals surface area contributed by atoms with E-state index in [2.05, 4.69) is 5.32 Å². The van der Waals surface area contributed by atoms with Crippen molar-refractivity contribution >= 4 is 11.9 Å². The number of aliphatic carboxylic acids is 1. The zero-order chi connectivity index (χ0) is 14.6. The van der Waals surface area contributed by atoms with Gasteiger partial charge in [-0.1, -0.05) is 25.7 Å². The molecule has 0 bridgehead atoms. The maximum Gasteiger partial charge on any atom is 0.329 e. The summed E-state index contributed by atoms with van der Waals surface area (Å²) in [4.78, 5) is 24.0. The van der Waals surface area contributed by atoms with Gasteiger partial charge in [-0.2, -0.15) is 0 Å². The lowest BCUT2D eigenvalue weighted by atomic mass is 9.84. The smallest absolute Gasteiger partial charge is 0.329 e. The molecule has 2 aliphatic carbocycles. The number of amides is 1. The monoisotopic (exact) mass is 282 g/mol. The highest BCUT2D eigenvalue weighted by atomic mass is 16.4. The first kappa shape index (κ1) is 15.3. The van der Waals surface area contributed by atoms with Gasteiger partial charge in [-0.15, -0.1) is 0 Å². The number of carboxylic acid groups (broad SMARTS) is 1. The minimum Gasteiger partial charge on any atom is -0.480 e. The van der Waals surface area contributed by atoms with E-state index >= 15 is 0 Å². The summed E-state index contributed by atoms with van der Waals surface area (Å²) in [5.41, 5.74) is 4.82. The van der Waals surface area contributed by atoms with Crippen LogP contribution in [0.4, 0.5) is 0 Å². The van der Waals surface area contributed by atoms with Crippen molar-refractivity contribution in [3.63, 3.8) is 0 Å². The van der Waals surface area contributed by atoms with Crippen molar-refractivity contribution < 1.29 is 14.7 Å². The summed E-state index contributed by atoms with van der Waals surface area (Å²) in [7, 11) is 0. The third-order valence-electron chi connectivity index (χ3n) is 4.87. The van der Waals surface area contributed by atoms with Gasteiger partial charge in [-0.05, 0) is 38.5 Å². The molecule has 1 amide bonds. The van der Waals surface area contributed by atoms with Crippen LogP contribution in [0, 0.1) is 5.92 Å². The first-order valence-electron chi connectivity index (χ1n) is 7.84. The molecule has 0 heterocycles. The fraction of sp³-hybridized carbons (Fsp3) is 0.867. The maximum atomic E-state index is 12.4. The SMILES string of the molecule is NC1CCC(C(=O)NC2(C(=O)O)CCCCCC2)CC1. The Bertz CT molecular complexity index is 354. The second-order valence-corrected chi connectivity index (χ2v) is 6.40. The van der Waals surface area contributed by atoms with Gasteiger partial charge in [0, 0.05) is 12.0 Å². The Labute approximate surface area is 120 Å². The standard InChI is InChI=1S/C15H26N2O3/c16-12-7-5-11(6-8-12)13(18)17-15(14(19)20)9-3-1-2-4-10-15/h11-12H,1-10,16H2,(H,17,18)(H,19,20). The number of hydrogen-bond acceptors (Lipinski definition) is 3. The summed E-state index contributed by atoms with van der Waals surface area (Å²) in [5, 5.41) is 12.4. The Morgan fingerprint density at radius 3 is 2.05 bits per heavy atom. The number of carbonyl (C=O) groups excluding carboxylic acids is 1. The molecule has 0 atom stereocenters. The number of rotatable bonds is 3. The van der Waals surface area contributed by atoms with Crippen molar-refractivity contribution in [2.75, 3.05) is 0 Å². The Balaban J connectivity index is 2.00. The van der Waals surface area contributed by atoms with Crippen LogP contribution in [0.5, 0.6) is 0 Å². The van der Waals surface area contributed by atoms with Gasteiger partial charge in [0.25, 0.3) is 0 Å². The Kier molecular flexibility index (Phi) is 5.02. The second-order valence-electron chi connectivity index (χ2n) is 6.40. The third kappa shape index (κ3) is 3.51. The second kappa shape index (κ2) is 6.57.